The van der Waals surface area contributed by atoms with Crippen LogP contribution in [0.5, 0.6) is 0 Å². The fourth-order valence-electron chi connectivity index (χ4n) is 2.61. The molecule has 0 spiro atoms. The minimum atomic E-state index is -3.74. The number of thiophene rings is 1. The molecule has 0 atom stereocenters. The Balaban J connectivity index is 2.27. The maximum atomic E-state index is 12.6. The van der Waals surface area contributed by atoms with Crippen LogP contribution in [0.3, 0.4) is 0 Å². The first kappa shape index (κ1) is 21.8. The maximum absolute atomic E-state index is 12.6. The number of pyridine rings is 1. The maximum Gasteiger partial charge on any atom is 0.251 e. The molecular weight excluding hydrogens is 400 g/mol. The Labute approximate surface area is 168 Å². The largest absolute Gasteiger partial charge is 0.315 e. The van der Waals surface area contributed by atoms with Crippen LogP contribution in [0.15, 0.2) is 34.1 Å². The highest BCUT2D eigenvalue weighted by Crippen LogP contribution is 2.27. The molecule has 0 fully saturated rings. The molecule has 1 amide bonds. The van der Waals surface area contributed by atoms with Gasteiger partial charge in [-0.1, -0.05) is 20.8 Å². The summed E-state index contributed by atoms with van der Waals surface area (Å²) in [4.78, 5) is 25.4. The van der Waals surface area contributed by atoms with Crippen molar-refractivity contribution < 1.29 is 13.2 Å². The first-order valence-corrected chi connectivity index (χ1v) is 11.1. The molecule has 28 heavy (non-hydrogen) atoms. The second kappa shape index (κ2) is 9.14. The number of anilines is 1. The van der Waals surface area contributed by atoms with E-state index in [1.807, 2.05) is 13.0 Å². The zero-order valence-electron chi connectivity index (χ0n) is 15.9. The van der Waals surface area contributed by atoms with Crippen LogP contribution < -0.4 is 10.9 Å². The van der Waals surface area contributed by atoms with Crippen molar-refractivity contribution in [2.24, 2.45) is 0 Å². The molecule has 0 unspecified atom stereocenters. The summed E-state index contributed by atoms with van der Waals surface area (Å²) >= 11 is 1.30. The molecule has 0 saturated carbocycles. The summed E-state index contributed by atoms with van der Waals surface area (Å²) < 4.78 is 27.6. The van der Waals surface area contributed by atoms with Gasteiger partial charge in [-0.3, -0.25) is 9.59 Å². The highest BCUT2D eigenvalue weighted by molar-refractivity contribution is 7.89. The van der Waals surface area contributed by atoms with Crippen LogP contribution in [0.4, 0.5) is 5.00 Å². The lowest BCUT2D eigenvalue weighted by atomic mass is 10.3. The van der Waals surface area contributed by atoms with Crippen LogP contribution >= 0.6 is 11.3 Å². The van der Waals surface area contributed by atoms with Crippen molar-refractivity contribution >= 4 is 32.3 Å². The van der Waals surface area contributed by atoms with Gasteiger partial charge in [0.1, 0.15) is 17.6 Å². The fraction of sp³-hybridized carbons (Fsp3) is 0.389. The second-order valence-electron chi connectivity index (χ2n) is 5.89. The third-order valence-corrected chi connectivity index (χ3v) is 7.35. The van der Waals surface area contributed by atoms with E-state index >= 15 is 0 Å². The lowest BCUT2D eigenvalue weighted by Crippen LogP contribution is -2.33. The molecule has 0 bridgehead atoms. The number of hydrogen-bond donors (Lipinski definition) is 1. The molecule has 2 rings (SSSR count). The van der Waals surface area contributed by atoms with Gasteiger partial charge in [0, 0.05) is 30.2 Å². The molecule has 2 aromatic rings. The molecule has 1 N–H and O–H groups in total. The number of nitrogens with zero attached hydrogens (tertiary/aromatic N) is 3. The first-order chi connectivity index (χ1) is 13.3. The van der Waals surface area contributed by atoms with Crippen molar-refractivity contribution in [3.63, 3.8) is 0 Å². The van der Waals surface area contributed by atoms with E-state index in [0.29, 0.717) is 23.7 Å². The third kappa shape index (κ3) is 4.67. The topological polar surface area (TPSA) is 112 Å². The molecule has 150 valence electrons. The molecule has 0 radical (unpaired) electrons. The molecule has 0 saturated heterocycles. The Morgan fingerprint density at radius 3 is 2.54 bits per heavy atom. The van der Waals surface area contributed by atoms with Crippen LogP contribution in [-0.4, -0.2) is 36.3 Å². The summed E-state index contributed by atoms with van der Waals surface area (Å²) in [6.07, 6.45) is 1.91. The van der Waals surface area contributed by atoms with Gasteiger partial charge in [0.2, 0.25) is 15.9 Å². The minimum Gasteiger partial charge on any atom is -0.315 e. The Morgan fingerprint density at radius 2 is 1.96 bits per heavy atom. The first-order valence-electron chi connectivity index (χ1n) is 8.80. The van der Waals surface area contributed by atoms with Crippen LogP contribution in [0.1, 0.15) is 31.2 Å². The van der Waals surface area contributed by atoms with Gasteiger partial charge in [0.25, 0.3) is 5.56 Å². The van der Waals surface area contributed by atoms with Gasteiger partial charge in [0.15, 0.2) is 0 Å². The highest BCUT2D eigenvalue weighted by Gasteiger charge is 2.22. The summed E-state index contributed by atoms with van der Waals surface area (Å²) in [5, 5.41) is 12.2. The number of carbonyl (C=O) groups excluding carboxylic acids is 1. The molecule has 2 aromatic heterocycles. The van der Waals surface area contributed by atoms with Gasteiger partial charge in [-0.25, -0.2) is 8.42 Å². The van der Waals surface area contributed by atoms with E-state index in [-0.39, 0.29) is 11.4 Å². The monoisotopic (exact) mass is 422 g/mol. The SMILES string of the molecule is CCc1cc(C#N)c(NC(=O)Cn2cc(S(=O)(=O)N(CC)CC)ccc2=O)s1. The van der Waals surface area contributed by atoms with E-state index in [2.05, 4.69) is 5.32 Å². The van der Waals surface area contributed by atoms with Gasteiger partial charge in [-0.2, -0.15) is 9.57 Å². The zero-order chi connectivity index (χ0) is 20.9. The van der Waals surface area contributed by atoms with Crippen molar-refractivity contribution in [2.75, 3.05) is 18.4 Å². The van der Waals surface area contributed by atoms with Crippen LogP contribution in [0.2, 0.25) is 0 Å². The summed E-state index contributed by atoms with van der Waals surface area (Å²) in [6, 6.07) is 6.11. The predicted octanol–water partition coefficient (Wildman–Crippen LogP) is 2.01. The van der Waals surface area contributed by atoms with Gasteiger partial charge < -0.3 is 9.88 Å². The van der Waals surface area contributed by atoms with Gasteiger partial charge in [-0.05, 0) is 18.6 Å². The molecular formula is C18H22N4O4S2. The Morgan fingerprint density at radius 1 is 1.29 bits per heavy atom. The van der Waals surface area contributed by atoms with E-state index in [1.54, 1.807) is 19.9 Å². The molecule has 0 aromatic carbocycles. The van der Waals surface area contributed by atoms with E-state index in [4.69, 9.17) is 0 Å². The van der Waals surface area contributed by atoms with Crippen molar-refractivity contribution in [2.45, 2.75) is 38.6 Å². The van der Waals surface area contributed by atoms with Crippen LogP contribution in [0.25, 0.3) is 0 Å². The lowest BCUT2D eigenvalue weighted by molar-refractivity contribution is -0.116. The van der Waals surface area contributed by atoms with Crippen molar-refractivity contribution in [3.8, 4) is 6.07 Å². The average molecular weight is 423 g/mol. The molecule has 10 heteroatoms. The van der Waals surface area contributed by atoms with Gasteiger partial charge >= 0.3 is 0 Å². The quantitative estimate of drug-likeness (QED) is 0.699. The molecule has 8 nitrogen and oxygen atoms in total. The molecule has 2 heterocycles. The summed E-state index contributed by atoms with van der Waals surface area (Å²) in [5.74, 6) is -0.513. The van der Waals surface area contributed by atoms with Gasteiger partial charge in [0.05, 0.1) is 10.5 Å². The number of nitrogens with one attached hydrogen (secondary N) is 1. The third-order valence-electron chi connectivity index (χ3n) is 4.12. The van der Waals surface area contributed by atoms with Crippen LogP contribution in [0, 0.1) is 11.3 Å². The van der Waals surface area contributed by atoms with Crippen LogP contribution in [-0.2, 0) is 27.8 Å². The van der Waals surface area contributed by atoms with Crippen molar-refractivity contribution in [3.05, 3.63) is 45.2 Å². The van der Waals surface area contributed by atoms with E-state index in [1.165, 1.54) is 27.9 Å². The summed E-state index contributed by atoms with van der Waals surface area (Å²) in [5.41, 5.74) is -0.130. The highest BCUT2D eigenvalue weighted by atomic mass is 32.2. The fourth-order valence-corrected chi connectivity index (χ4v) is 5.05. The molecule has 0 aliphatic carbocycles. The normalized spacial score (nSPS) is 11.4. The van der Waals surface area contributed by atoms with E-state index < -0.39 is 21.5 Å². The Bertz CT molecular complexity index is 1060. The standard InChI is InChI=1S/C18H22N4O4S2/c1-4-14-9-13(10-19)18(27-14)20-16(23)12-21-11-15(7-8-17(21)24)28(25,26)22(5-2)6-3/h7-9,11H,4-6,12H2,1-3H3,(H,20,23). The number of sulfonamides is 1. The molecule has 0 aliphatic rings. The Kier molecular flexibility index (Phi) is 7.12. The second-order valence-corrected chi connectivity index (χ2v) is 8.96. The number of rotatable bonds is 8. The smallest absolute Gasteiger partial charge is 0.251 e. The van der Waals surface area contributed by atoms with E-state index in [0.717, 1.165) is 21.9 Å². The lowest BCUT2D eigenvalue weighted by Gasteiger charge is -2.19. The zero-order valence-corrected chi connectivity index (χ0v) is 17.6. The Hall–Kier alpha value is -2.48. The minimum absolute atomic E-state index is 0.0503. The summed E-state index contributed by atoms with van der Waals surface area (Å²) in [6.45, 7) is 5.64. The average Bonchev–Trinajstić information content (AvgIpc) is 3.06. The number of aryl methyl sites for hydroxylation is 1. The number of amides is 1. The number of hydrogen-bond acceptors (Lipinski definition) is 6. The number of carbonyl (C=O) groups is 1. The molecule has 0 aliphatic heterocycles. The number of aromatic nitrogens is 1. The van der Waals surface area contributed by atoms with Gasteiger partial charge in [-0.15, -0.1) is 11.3 Å². The number of nitriles is 1. The van der Waals surface area contributed by atoms with Crippen molar-refractivity contribution in [1.29, 1.82) is 5.26 Å². The summed E-state index contributed by atoms with van der Waals surface area (Å²) in [7, 11) is -3.74. The van der Waals surface area contributed by atoms with Crippen molar-refractivity contribution in [1.82, 2.24) is 8.87 Å². The van der Waals surface area contributed by atoms with E-state index in [9.17, 15) is 23.3 Å². The predicted molar refractivity (Wildman–Crippen MR) is 108 cm³/mol.